The van der Waals surface area contributed by atoms with Crippen molar-refractivity contribution in [1.82, 2.24) is 14.8 Å². The lowest BCUT2D eigenvalue weighted by atomic mass is 9.98. The van der Waals surface area contributed by atoms with Crippen LogP contribution in [0.5, 0.6) is 0 Å². The van der Waals surface area contributed by atoms with Gasteiger partial charge >= 0.3 is 6.03 Å². The number of piperidine rings is 1. The van der Waals surface area contributed by atoms with E-state index in [2.05, 4.69) is 5.32 Å². The molecule has 0 bridgehead atoms. The number of amides is 4. The van der Waals surface area contributed by atoms with Crippen LogP contribution in [0.25, 0.3) is 0 Å². The Labute approximate surface area is 161 Å². The van der Waals surface area contributed by atoms with Crippen LogP contribution in [0.3, 0.4) is 0 Å². The van der Waals surface area contributed by atoms with Crippen molar-refractivity contribution in [2.75, 3.05) is 11.4 Å². The van der Waals surface area contributed by atoms with Crippen LogP contribution >= 0.6 is 11.6 Å². The fourth-order valence-electron chi connectivity index (χ4n) is 3.72. The molecule has 2 atom stereocenters. The summed E-state index contributed by atoms with van der Waals surface area (Å²) in [5.74, 6) is -0.438. The predicted octanol–water partition coefficient (Wildman–Crippen LogP) is 2.41. The number of aromatic nitrogens is 1. The van der Waals surface area contributed by atoms with Gasteiger partial charge in [-0.25, -0.2) is 9.69 Å². The predicted molar refractivity (Wildman–Crippen MR) is 101 cm³/mol. The lowest BCUT2D eigenvalue weighted by molar-refractivity contribution is -0.120. The summed E-state index contributed by atoms with van der Waals surface area (Å²) >= 11 is 5.89. The Balaban J connectivity index is 1.49. The molecule has 2 aromatic rings. The number of halogens is 1. The fourth-order valence-corrected chi connectivity index (χ4v) is 3.84. The van der Waals surface area contributed by atoms with Gasteiger partial charge in [0.25, 0.3) is 11.8 Å². The summed E-state index contributed by atoms with van der Waals surface area (Å²) in [6, 6.07) is 9.14. The van der Waals surface area contributed by atoms with Crippen LogP contribution in [0.15, 0.2) is 42.6 Å². The maximum Gasteiger partial charge on any atom is 0.332 e. The molecule has 27 heavy (non-hydrogen) atoms. The lowest BCUT2D eigenvalue weighted by Crippen LogP contribution is -2.50. The monoisotopic (exact) mass is 386 g/mol. The van der Waals surface area contributed by atoms with Crippen molar-refractivity contribution in [3.8, 4) is 0 Å². The fraction of sp³-hybridized carbons (Fsp3) is 0.316. The Morgan fingerprint density at radius 1 is 1.19 bits per heavy atom. The molecular weight excluding hydrogens is 368 g/mol. The van der Waals surface area contributed by atoms with Gasteiger partial charge in [0.2, 0.25) is 0 Å². The van der Waals surface area contributed by atoms with Crippen LogP contribution in [-0.2, 0) is 11.8 Å². The number of imide groups is 1. The SMILES string of the molecule is Cn1cccc1C(=O)N[C@H]1CCN2C(=O)N(c3ccc(Cl)cc3)C(=O)[C@@H]2C1. The maximum absolute atomic E-state index is 12.9. The average molecular weight is 387 g/mol. The number of hydrogen-bond donors (Lipinski definition) is 1. The van der Waals surface area contributed by atoms with E-state index in [-0.39, 0.29) is 23.9 Å². The number of carbonyl (C=O) groups is 3. The number of benzene rings is 1. The molecule has 8 heteroatoms. The Morgan fingerprint density at radius 3 is 2.59 bits per heavy atom. The minimum atomic E-state index is -0.555. The molecule has 4 amide bonds. The normalized spacial score (nSPS) is 22.1. The quantitative estimate of drug-likeness (QED) is 0.823. The summed E-state index contributed by atoms with van der Waals surface area (Å²) in [4.78, 5) is 40.8. The van der Waals surface area contributed by atoms with E-state index in [4.69, 9.17) is 11.6 Å². The van der Waals surface area contributed by atoms with Crippen molar-refractivity contribution < 1.29 is 14.4 Å². The number of hydrogen-bond acceptors (Lipinski definition) is 3. The number of aryl methyl sites for hydroxylation is 1. The van der Waals surface area contributed by atoms with E-state index in [0.717, 1.165) is 0 Å². The second-order valence-corrected chi connectivity index (χ2v) is 7.28. The molecule has 0 unspecified atom stereocenters. The number of carbonyl (C=O) groups excluding carboxylic acids is 3. The first-order valence-electron chi connectivity index (χ1n) is 8.78. The smallest absolute Gasteiger partial charge is 0.332 e. The van der Waals surface area contributed by atoms with Crippen LogP contribution in [-0.4, -0.2) is 45.9 Å². The molecule has 140 valence electrons. The largest absolute Gasteiger partial charge is 0.348 e. The minimum absolute atomic E-state index is 0.157. The van der Waals surface area contributed by atoms with E-state index in [1.165, 1.54) is 4.90 Å². The molecule has 1 N–H and O–H groups in total. The van der Waals surface area contributed by atoms with Gasteiger partial charge < -0.3 is 14.8 Å². The number of nitrogens with one attached hydrogen (secondary N) is 1. The van der Waals surface area contributed by atoms with Crippen LogP contribution in [0.4, 0.5) is 10.5 Å². The van der Waals surface area contributed by atoms with E-state index in [1.807, 2.05) is 0 Å². The van der Waals surface area contributed by atoms with E-state index >= 15 is 0 Å². The van der Waals surface area contributed by atoms with E-state index in [1.54, 1.807) is 59.1 Å². The highest BCUT2D eigenvalue weighted by molar-refractivity contribution is 6.30. The zero-order valence-corrected chi connectivity index (χ0v) is 15.5. The summed E-state index contributed by atoms with van der Waals surface area (Å²) in [5.41, 5.74) is 1.07. The maximum atomic E-state index is 12.9. The summed E-state index contributed by atoms with van der Waals surface area (Å²) in [6.07, 6.45) is 2.83. The standard InChI is InChI=1S/C19H19ClN4O3/c1-22-9-2-3-15(22)17(25)21-13-8-10-23-16(11-13)18(26)24(19(23)27)14-6-4-12(20)5-7-14/h2-7,9,13,16H,8,10-11H2,1H3,(H,21,25)/t13-,16-/m0/s1. The molecule has 2 fully saturated rings. The van der Waals surface area contributed by atoms with Crippen molar-refractivity contribution in [1.29, 1.82) is 0 Å². The molecule has 4 rings (SSSR count). The van der Waals surface area contributed by atoms with Gasteiger partial charge in [0.1, 0.15) is 11.7 Å². The van der Waals surface area contributed by atoms with E-state index in [9.17, 15) is 14.4 Å². The van der Waals surface area contributed by atoms with Gasteiger partial charge in [-0.3, -0.25) is 9.59 Å². The Hall–Kier alpha value is -2.80. The van der Waals surface area contributed by atoms with Gasteiger partial charge in [-0.05, 0) is 49.2 Å². The lowest BCUT2D eigenvalue weighted by Gasteiger charge is -2.32. The molecule has 0 saturated carbocycles. The van der Waals surface area contributed by atoms with Crippen LogP contribution < -0.4 is 10.2 Å². The van der Waals surface area contributed by atoms with Crippen molar-refractivity contribution in [2.24, 2.45) is 7.05 Å². The van der Waals surface area contributed by atoms with Gasteiger partial charge in [0.05, 0.1) is 5.69 Å². The van der Waals surface area contributed by atoms with E-state index in [0.29, 0.717) is 35.8 Å². The van der Waals surface area contributed by atoms with Crippen molar-refractivity contribution in [3.63, 3.8) is 0 Å². The van der Waals surface area contributed by atoms with Crippen molar-refractivity contribution in [3.05, 3.63) is 53.3 Å². The number of anilines is 1. The summed E-state index contributed by atoms with van der Waals surface area (Å²) in [5, 5.41) is 3.53. The summed E-state index contributed by atoms with van der Waals surface area (Å²) < 4.78 is 1.75. The zero-order chi connectivity index (χ0) is 19.1. The Morgan fingerprint density at radius 2 is 1.93 bits per heavy atom. The highest BCUT2D eigenvalue weighted by Gasteiger charge is 2.48. The minimum Gasteiger partial charge on any atom is -0.348 e. The first-order chi connectivity index (χ1) is 13.0. The summed E-state index contributed by atoms with van der Waals surface area (Å²) in [7, 11) is 1.81. The molecule has 3 heterocycles. The molecule has 0 aliphatic carbocycles. The van der Waals surface area contributed by atoms with Gasteiger partial charge in [-0.1, -0.05) is 11.6 Å². The molecule has 7 nitrogen and oxygen atoms in total. The second-order valence-electron chi connectivity index (χ2n) is 6.84. The average Bonchev–Trinajstić information content (AvgIpc) is 3.18. The number of rotatable bonds is 3. The number of fused-ring (bicyclic) bond motifs is 1. The highest BCUT2D eigenvalue weighted by Crippen LogP contribution is 2.31. The first kappa shape index (κ1) is 17.6. The molecule has 1 aromatic heterocycles. The zero-order valence-electron chi connectivity index (χ0n) is 14.8. The van der Waals surface area contributed by atoms with Gasteiger partial charge in [0.15, 0.2) is 0 Å². The topological polar surface area (TPSA) is 74.7 Å². The molecule has 2 aliphatic rings. The first-order valence-corrected chi connectivity index (χ1v) is 9.16. The van der Waals surface area contributed by atoms with Crippen LogP contribution in [0.2, 0.25) is 5.02 Å². The summed E-state index contributed by atoms with van der Waals surface area (Å²) in [6.45, 7) is 0.428. The van der Waals surface area contributed by atoms with Gasteiger partial charge in [0, 0.05) is 30.9 Å². The molecule has 1 aromatic carbocycles. The second kappa shape index (κ2) is 6.74. The molecule has 0 spiro atoms. The van der Waals surface area contributed by atoms with Crippen LogP contribution in [0.1, 0.15) is 23.3 Å². The van der Waals surface area contributed by atoms with Gasteiger partial charge in [-0.15, -0.1) is 0 Å². The van der Waals surface area contributed by atoms with Crippen molar-refractivity contribution >= 4 is 35.1 Å². The third-order valence-corrected chi connectivity index (χ3v) is 5.39. The van der Waals surface area contributed by atoms with Gasteiger partial charge in [-0.2, -0.15) is 0 Å². The third-order valence-electron chi connectivity index (χ3n) is 5.14. The van der Waals surface area contributed by atoms with Crippen molar-refractivity contribution in [2.45, 2.75) is 24.9 Å². The Kier molecular flexibility index (Phi) is 4.39. The molecule has 2 aliphatic heterocycles. The van der Waals surface area contributed by atoms with E-state index < -0.39 is 6.04 Å². The number of nitrogens with zero attached hydrogens (tertiary/aromatic N) is 3. The third kappa shape index (κ3) is 3.08. The molecule has 0 radical (unpaired) electrons. The number of urea groups is 1. The molecular formula is C19H19ClN4O3. The van der Waals surface area contributed by atoms with Crippen LogP contribution in [0, 0.1) is 0 Å². The highest BCUT2D eigenvalue weighted by atomic mass is 35.5. The Bertz CT molecular complexity index is 908. The molecule has 2 saturated heterocycles.